The predicted molar refractivity (Wildman–Crippen MR) is 82.3 cm³/mol. The van der Waals surface area contributed by atoms with Crippen molar-refractivity contribution in [3.05, 3.63) is 11.9 Å². The molecule has 0 aromatic carbocycles. The third-order valence-corrected chi connectivity index (χ3v) is 4.03. The third kappa shape index (κ3) is 4.82. The van der Waals surface area contributed by atoms with Crippen LogP contribution in [0.1, 0.15) is 31.4 Å². The Kier molecular flexibility index (Phi) is 5.76. The minimum Gasteiger partial charge on any atom is -0.378 e. The minimum atomic E-state index is -0.00170. The molecule has 1 amide bonds. The molecule has 2 heterocycles. The highest BCUT2D eigenvalue weighted by Gasteiger charge is 2.15. The van der Waals surface area contributed by atoms with Gasteiger partial charge in [0, 0.05) is 20.2 Å². The van der Waals surface area contributed by atoms with Gasteiger partial charge in [-0.2, -0.15) is 5.10 Å². The van der Waals surface area contributed by atoms with Gasteiger partial charge in [-0.25, -0.2) is 0 Å². The van der Waals surface area contributed by atoms with Gasteiger partial charge in [0.1, 0.15) is 0 Å². The number of nitrogens with zero attached hydrogens (tertiary/aromatic N) is 3. The van der Waals surface area contributed by atoms with Crippen molar-refractivity contribution in [3.63, 3.8) is 0 Å². The molecule has 0 radical (unpaired) electrons. The molecule has 0 aliphatic carbocycles. The molecule has 0 saturated carbocycles. The van der Waals surface area contributed by atoms with Gasteiger partial charge in [-0.05, 0) is 39.7 Å². The van der Waals surface area contributed by atoms with Crippen LogP contribution in [0.3, 0.4) is 0 Å². The number of rotatable bonds is 6. The second-order valence-electron chi connectivity index (χ2n) is 5.83. The van der Waals surface area contributed by atoms with Gasteiger partial charge in [-0.3, -0.25) is 14.4 Å². The molecular formula is C15H26N4O2. The topological polar surface area (TPSA) is 59.4 Å². The SMILES string of the molecule is Cc1c(NC(=O)CN(C)CC[C@H]2CCCCO2)cnn1C. The summed E-state index contributed by atoms with van der Waals surface area (Å²) in [7, 11) is 3.83. The molecule has 1 saturated heterocycles. The van der Waals surface area contributed by atoms with Crippen molar-refractivity contribution in [2.45, 2.75) is 38.7 Å². The van der Waals surface area contributed by atoms with Crippen LogP contribution in [-0.4, -0.2) is 53.4 Å². The first-order valence-electron chi connectivity index (χ1n) is 7.65. The van der Waals surface area contributed by atoms with Gasteiger partial charge in [-0.15, -0.1) is 0 Å². The zero-order valence-corrected chi connectivity index (χ0v) is 13.3. The van der Waals surface area contributed by atoms with E-state index in [4.69, 9.17) is 4.74 Å². The standard InChI is InChI=1S/C15H26N4O2/c1-12-14(10-16-19(12)3)17-15(20)11-18(2)8-7-13-6-4-5-9-21-13/h10,13H,4-9,11H2,1-3H3,(H,17,20)/t13-/m1/s1. The first kappa shape index (κ1) is 16.0. The summed E-state index contributed by atoms with van der Waals surface area (Å²) < 4.78 is 7.46. The maximum absolute atomic E-state index is 12.0. The van der Waals surface area contributed by atoms with Crippen molar-refractivity contribution in [1.82, 2.24) is 14.7 Å². The molecule has 1 aliphatic heterocycles. The lowest BCUT2D eigenvalue weighted by Crippen LogP contribution is -2.33. The van der Waals surface area contributed by atoms with E-state index in [9.17, 15) is 4.79 Å². The van der Waals surface area contributed by atoms with E-state index in [1.807, 2.05) is 25.9 Å². The maximum atomic E-state index is 12.0. The van der Waals surface area contributed by atoms with Crippen LogP contribution in [0.15, 0.2) is 6.20 Å². The lowest BCUT2D eigenvalue weighted by molar-refractivity contribution is -0.117. The third-order valence-electron chi connectivity index (χ3n) is 4.03. The van der Waals surface area contributed by atoms with Crippen LogP contribution >= 0.6 is 0 Å². The number of aryl methyl sites for hydroxylation is 1. The molecule has 118 valence electrons. The Labute approximate surface area is 126 Å². The van der Waals surface area contributed by atoms with Crippen LogP contribution < -0.4 is 5.32 Å². The van der Waals surface area contributed by atoms with Gasteiger partial charge < -0.3 is 10.1 Å². The number of likely N-dealkylation sites (N-methyl/N-ethyl adjacent to an activating group) is 1. The lowest BCUT2D eigenvalue weighted by atomic mass is 10.1. The van der Waals surface area contributed by atoms with E-state index in [-0.39, 0.29) is 5.91 Å². The molecule has 0 unspecified atom stereocenters. The molecule has 1 aromatic heterocycles. The normalized spacial score (nSPS) is 19.0. The molecule has 1 N–H and O–H groups in total. The first-order chi connectivity index (χ1) is 10.1. The monoisotopic (exact) mass is 294 g/mol. The number of carbonyl (C=O) groups is 1. The van der Waals surface area contributed by atoms with Crippen molar-refractivity contribution in [1.29, 1.82) is 0 Å². The molecule has 21 heavy (non-hydrogen) atoms. The Morgan fingerprint density at radius 2 is 2.38 bits per heavy atom. The fourth-order valence-corrected chi connectivity index (χ4v) is 2.53. The first-order valence-corrected chi connectivity index (χ1v) is 7.65. The summed E-state index contributed by atoms with van der Waals surface area (Å²) in [6.07, 6.45) is 6.63. The maximum Gasteiger partial charge on any atom is 0.238 e. The van der Waals surface area contributed by atoms with Crippen LogP contribution in [0.25, 0.3) is 0 Å². The fourth-order valence-electron chi connectivity index (χ4n) is 2.53. The number of carbonyl (C=O) groups excluding carboxylic acids is 1. The van der Waals surface area contributed by atoms with E-state index >= 15 is 0 Å². The number of nitrogens with one attached hydrogen (secondary N) is 1. The number of ether oxygens (including phenoxy) is 1. The molecule has 0 bridgehead atoms. The summed E-state index contributed by atoms with van der Waals surface area (Å²) in [6.45, 7) is 4.09. The van der Waals surface area contributed by atoms with E-state index in [0.29, 0.717) is 12.6 Å². The Morgan fingerprint density at radius 1 is 1.57 bits per heavy atom. The van der Waals surface area contributed by atoms with Crippen molar-refractivity contribution in [2.24, 2.45) is 7.05 Å². The number of aromatic nitrogens is 2. The second-order valence-corrected chi connectivity index (χ2v) is 5.83. The smallest absolute Gasteiger partial charge is 0.238 e. The van der Waals surface area contributed by atoms with Crippen LogP contribution in [0.4, 0.5) is 5.69 Å². The Bertz CT molecular complexity index is 466. The molecule has 6 nitrogen and oxygen atoms in total. The van der Waals surface area contributed by atoms with Crippen molar-refractivity contribution < 1.29 is 9.53 Å². The van der Waals surface area contributed by atoms with E-state index in [2.05, 4.69) is 10.4 Å². The molecule has 0 spiro atoms. The van der Waals surface area contributed by atoms with Crippen LogP contribution in [0, 0.1) is 6.92 Å². The molecule has 2 rings (SSSR count). The predicted octanol–water partition coefficient (Wildman–Crippen LogP) is 1.56. The summed E-state index contributed by atoms with van der Waals surface area (Å²) >= 11 is 0. The second kappa shape index (κ2) is 7.56. The highest BCUT2D eigenvalue weighted by molar-refractivity contribution is 5.92. The summed E-state index contributed by atoms with van der Waals surface area (Å²) in [5.74, 6) is -0.00170. The van der Waals surface area contributed by atoms with Crippen LogP contribution in [-0.2, 0) is 16.6 Å². The van der Waals surface area contributed by atoms with E-state index in [0.717, 1.165) is 37.4 Å². The summed E-state index contributed by atoms with van der Waals surface area (Å²) in [4.78, 5) is 14.1. The molecule has 1 aliphatic rings. The Morgan fingerprint density at radius 3 is 3.00 bits per heavy atom. The van der Waals surface area contributed by atoms with Gasteiger partial charge in [0.2, 0.25) is 5.91 Å². The van der Waals surface area contributed by atoms with Crippen molar-refractivity contribution in [3.8, 4) is 0 Å². The zero-order valence-electron chi connectivity index (χ0n) is 13.3. The van der Waals surface area contributed by atoms with E-state index in [1.54, 1.807) is 10.9 Å². The van der Waals surface area contributed by atoms with E-state index in [1.165, 1.54) is 12.8 Å². The quantitative estimate of drug-likeness (QED) is 0.865. The molecule has 1 atom stereocenters. The number of hydrogen-bond acceptors (Lipinski definition) is 4. The molecule has 1 fully saturated rings. The molecular weight excluding hydrogens is 268 g/mol. The average molecular weight is 294 g/mol. The van der Waals surface area contributed by atoms with Crippen LogP contribution in [0.5, 0.6) is 0 Å². The van der Waals surface area contributed by atoms with Gasteiger partial charge >= 0.3 is 0 Å². The minimum absolute atomic E-state index is 0.00170. The van der Waals surface area contributed by atoms with Crippen molar-refractivity contribution in [2.75, 3.05) is 32.1 Å². The van der Waals surface area contributed by atoms with Gasteiger partial charge in [0.15, 0.2) is 0 Å². The summed E-state index contributed by atoms with van der Waals surface area (Å²) in [5, 5.41) is 7.02. The van der Waals surface area contributed by atoms with Gasteiger partial charge in [0.25, 0.3) is 0 Å². The Balaban J connectivity index is 1.70. The molecule has 1 aromatic rings. The zero-order chi connectivity index (χ0) is 15.2. The van der Waals surface area contributed by atoms with Gasteiger partial charge in [-0.1, -0.05) is 0 Å². The highest BCUT2D eigenvalue weighted by atomic mass is 16.5. The molecule has 6 heteroatoms. The number of amides is 1. The summed E-state index contributed by atoms with van der Waals surface area (Å²) in [6, 6.07) is 0. The van der Waals surface area contributed by atoms with Crippen molar-refractivity contribution >= 4 is 11.6 Å². The van der Waals surface area contributed by atoms with Gasteiger partial charge in [0.05, 0.1) is 30.2 Å². The summed E-state index contributed by atoms with van der Waals surface area (Å²) in [5.41, 5.74) is 1.74. The average Bonchev–Trinajstić information content (AvgIpc) is 2.78. The number of hydrogen-bond donors (Lipinski definition) is 1. The number of anilines is 1. The lowest BCUT2D eigenvalue weighted by Gasteiger charge is -2.24. The van der Waals surface area contributed by atoms with Crippen LogP contribution in [0.2, 0.25) is 0 Å². The Hall–Kier alpha value is -1.40. The largest absolute Gasteiger partial charge is 0.378 e. The van der Waals surface area contributed by atoms with E-state index < -0.39 is 0 Å². The fraction of sp³-hybridized carbons (Fsp3) is 0.733. The highest BCUT2D eigenvalue weighted by Crippen LogP contribution is 2.16.